The number of amides is 2. The Bertz CT molecular complexity index is 903. The highest BCUT2D eigenvalue weighted by Crippen LogP contribution is 2.23. The molecule has 1 aliphatic rings. The number of nitrogens with zero attached hydrogens (tertiary/aromatic N) is 1. The van der Waals surface area contributed by atoms with Gasteiger partial charge in [0.25, 0.3) is 0 Å². The lowest BCUT2D eigenvalue weighted by Crippen LogP contribution is -2.49. The summed E-state index contributed by atoms with van der Waals surface area (Å²) in [5, 5.41) is 3.76. The molecule has 1 fully saturated rings. The molecular weight excluding hydrogens is 447 g/mol. The van der Waals surface area contributed by atoms with Gasteiger partial charge < -0.3 is 10.2 Å². The van der Waals surface area contributed by atoms with E-state index in [0.29, 0.717) is 23.4 Å². The van der Waals surface area contributed by atoms with Crippen molar-refractivity contribution in [1.82, 2.24) is 10.2 Å². The number of thioether (sulfide) groups is 1. The van der Waals surface area contributed by atoms with Crippen LogP contribution in [0.1, 0.15) is 51.0 Å². The molecule has 1 aliphatic carbocycles. The zero-order valence-corrected chi connectivity index (χ0v) is 19.9. The average molecular weight is 477 g/mol. The molecule has 1 atom stereocenters. The highest BCUT2D eigenvalue weighted by molar-refractivity contribution is 7.99. The molecule has 172 valence electrons. The molecule has 0 radical (unpaired) electrons. The molecule has 0 bridgehead atoms. The Balaban J connectivity index is 1.60. The van der Waals surface area contributed by atoms with Gasteiger partial charge in [-0.25, -0.2) is 4.39 Å². The van der Waals surface area contributed by atoms with E-state index in [9.17, 15) is 14.0 Å². The molecule has 0 spiro atoms. The second kappa shape index (κ2) is 12.3. The van der Waals surface area contributed by atoms with Gasteiger partial charge in [0.1, 0.15) is 11.9 Å². The van der Waals surface area contributed by atoms with Gasteiger partial charge in [-0.15, -0.1) is 11.8 Å². The van der Waals surface area contributed by atoms with Gasteiger partial charge in [0.15, 0.2) is 0 Å². The molecule has 1 N–H and O–H groups in total. The summed E-state index contributed by atoms with van der Waals surface area (Å²) in [4.78, 5) is 28.5. The first-order chi connectivity index (χ1) is 15.4. The predicted molar refractivity (Wildman–Crippen MR) is 128 cm³/mol. The van der Waals surface area contributed by atoms with Crippen LogP contribution in [-0.4, -0.2) is 34.6 Å². The van der Waals surface area contributed by atoms with Crippen molar-refractivity contribution in [2.24, 2.45) is 0 Å². The van der Waals surface area contributed by atoms with Crippen LogP contribution in [0.25, 0.3) is 0 Å². The number of benzene rings is 2. The van der Waals surface area contributed by atoms with Crippen LogP contribution >= 0.6 is 23.4 Å². The molecule has 2 aromatic carbocycles. The number of halogens is 2. The first kappa shape index (κ1) is 24.6. The largest absolute Gasteiger partial charge is 0.352 e. The molecule has 2 amide bonds. The van der Waals surface area contributed by atoms with Gasteiger partial charge in [-0.3, -0.25) is 9.59 Å². The highest BCUT2D eigenvalue weighted by Gasteiger charge is 2.28. The Hall–Kier alpha value is -2.05. The van der Waals surface area contributed by atoms with Crippen molar-refractivity contribution in [3.63, 3.8) is 0 Å². The SMILES string of the molecule is CC(C(=O)NC1CCCC1)N(Cc1ccccc1F)C(=O)CCCSc1ccc(Cl)cc1. The summed E-state index contributed by atoms with van der Waals surface area (Å²) in [6.07, 6.45) is 5.14. The summed E-state index contributed by atoms with van der Waals surface area (Å²) in [6, 6.07) is 13.5. The van der Waals surface area contributed by atoms with E-state index in [2.05, 4.69) is 5.32 Å². The minimum Gasteiger partial charge on any atom is -0.352 e. The Labute approximate surface area is 198 Å². The number of carbonyl (C=O) groups is 2. The standard InChI is InChI=1S/C25H30ClFN2O2S/c1-18(25(31)28-21-8-3-4-9-21)29(17-19-7-2-5-10-23(19)27)24(30)11-6-16-32-22-14-12-20(26)13-15-22/h2,5,7,10,12-15,18,21H,3-4,6,8-9,11,16-17H2,1H3,(H,28,31). The summed E-state index contributed by atoms with van der Waals surface area (Å²) in [5.74, 6) is 0.0898. The number of hydrogen-bond donors (Lipinski definition) is 1. The van der Waals surface area contributed by atoms with Gasteiger partial charge in [0.2, 0.25) is 11.8 Å². The van der Waals surface area contributed by atoms with Gasteiger partial charge in [-0.05, 0) is 62.3 Å². The summed E-state index contributed by atoms with van der Waals surface area (Å²) >= 11 is 7.57. The Morgan fingerprint density at radius 1 is 1.16 bits per heavy atom. The molecule has 4 nitrogen and oxygen atoms in total. The molecule has 3 rings (SSSR count). The van der Waals surface area contributed by atoms with Gasteiger partial charge in [-0.2, -0.15) is 0 Å². The van der Waals surface area contributed by atoms with E-state index in [4.69, 9.17) is 11.6 Å². The fourth-order valence-corrected chi connectivity index (χ4v) is 4.85. The van der Waals surface area contributed by atoms with E-state index in [1.165, 1.54) is 11.0 Å². The zero-order chi connectivity index (χ0) is 22.9. The topological polar surface area (TPSA) is 49.4 Å². The lowest BCUT2D eigenvalue weighted by Gasteiger charge is -2.30. The van der Waals surface area contributed by atoms with Crippen LogP contribution in [0, 0.1) is 5.82 Å². The van der Waals surface area contributed by atoms with E-state index >= 15 is 0 Å². The third-order valence-electron chi connectivity index (χ3n) is 5.78. The van der Waals surface area contributed by atoms with Crippen molar-refractivity contribution in [2.45, 2.75) is 69.0 Å². The summed E-state index contributed by atoms with van der Waals surface area (Å²) < 4.78 is 14.3. The van der Waals surface area contributed by atoms with Crippen molar-refractivity contribution >= 4 is 35.2 Å². The van der Waals surface area contributed by atoms with Crippen LogP contribution in [0.15, 0.2) is 53.4 Å². The highest BCUT2D eigenvalue weighted by atomic mass is 35.5. The predicted octanol–water partition coefficient (Wildman–Crippen LogP) is 5.83. The van der Waals surface area contributed by atoms with Gasteiger partial charge in [0.05, 0.1) is 0 Å². The molecule has 0 aliphatic heterocycles. The maximum atomic E-state index is 14.3. The van der Waals surface area contributed by atoms with Crippen molar-refractivity contribution in [3.05, 3.63) is 64.9 Å². The molecule has 7 heteroatoms. The van der Waals surface area contributed by atoms with E-state index in [1.54, 1.807) is 36.9 Å². The minimum atomic E-state index is -0.661. The monoisotopic (exact) mass is 476 g/mol. The summed E-state index contributed by atoms with van der Waals surface area (Å²) in [5.41, 5.74) is 0.414. The van der Waals surface area contributed by atoms with Gasteiger partial charge >= 0.3 is 0 Å². The van der Waals surface area contributed by atoms with E-state index < -0.39 is 6.04 Å². The quantitative estimate of drug-likeness (QED) is 0.347. The van der Waals surface area contributed by atoms with Crippen molar-refractivity contribution in [2.75, 3.05) is 5.75 Å². The second-order valence-corrected chi connectivity index (χ2v) is 9.79. The molecule has 1 unspecified atom stereocenters. The molecule has 1 saturated carbocycles. The molecular formula is C25H30ClFN2O2S. The Morgan fingerprint density at radius 2 is 1.84 bits per heavy atom. The zero-order valence-electron chi connectivity index (χ0n) is 18.4. The first-order valence-electron chi connectivity index (χ1n) is 11.2. The van der Waals surface area contributed by atoms with E-state index in [-0.39, 0.29) is 30.2 Å². The van der Waals surface area contributed by atoms with Crippen LogP contribution in [-0.2, 0) is 16.1 Å². The molecule has 0 heterocycles. The molecule has 2 aromatic rings. The van der Waals surface area contributed by atoms with Crippen molar-refractivity contribution < 1.29 is 14.0 Å². The molecule has 0 saturated heterocycles. The summed E-state index contributed by atoms with van der Waals surface area (Å²) in [7, 11) is 0. The number of carbonyl (C=O) groups excluding carboxylic acids is 2. The van der Waals surface area contributed by atoms with E-state index in [0.717, 1.165) is 36.3 Å². The third-order valence-corrected chi connectivity index (χ3v) is 7.14. The van der Waals surface area contributed by atoms with Gasteiger partial charge in [-0.1, -0.05) is 42.6 Å². The van der Waals surface area contributed by atoms with Crippen LogP contribution in [0.3, 0.4) is 0 Å². The maximum Gasteiger partial charge on any atom is 0.242 e. The van der Waals surface area contributed by atoms with E-state index in [1.807, 2.05) is 24.3 Å². The van der Waals surface area contributed by atoms with Crippen LogP contribution in [0.5, 0.6) is 0 Å². The van der Waals surface area contributed by atoms with Crippen LogP contribution in [0.4, 0.5) is 4.39 Å². The van der Waals surface area contributed by atoms with Crippen LogP contribution in [0.2, 0.25) is 5.02 Å². The summed E-state index contributed by atoms with van der Waals surface area (Å²) in [6.45, 7) is 1.81. The molecule has 0 aromatic heterocycles. The first-order valence-corrected chi connectivity index (χ1v) is 12.5. The second-order valence-electron chi connectivity index (χ2n) is 8.18. The maximum absolute atomic E-state index is 14.3. The average Bonchev–Trinajstić information content (AvgIpc) is 3.30. The van der Waals surface area contributed by atoms with Crippen molar-refractivity contribution in [3.8, 4) is 0 Å². The Morgan fingerprint density at radius 3 is 2.53 bits per heavy atom. The van der Waals surface area contributed by atoms with Crippen LogP contribution < -0.4 is 5.32 Å². The lowest BCUT2D eigenvalue weighted by molar-refractivity contribution is -0.141. The Kier molecular flexibility index (Phi) is 9.42. The fraction of sp³-hybridized carbons (Fsp3) is 0.440. The molecule has 32 heavy (non-hydrogen) atoms. The number of nitrogens with one attached hydrogen (secondary N) is 1. The van der Waals surface area contributed by atoms with Gasteiger partial charge in [0, 0.05) is 34.5 Å². The smallest absolute Gasteiger partial charge is 0.242 e. The lowest BCUT2D eigenvalue weighted by atomic mass is 10.1. The fourth-order valence-electron chi connectivity index (χ4n) is 3.87. The minimum absolute atomic E-state index is 0.0785. The number of hydrogen-bond acceptors (Lipinski definition) is 3. The number of rotatable bonds is 10. The third kappa shape index (κ3) is 7.24. The normalized spacial score (nSPS) is 14.8. The van der Waals surface area contributed by atoms with Crippen molar-refractivity contribution in [1.29, 1.82) is 0 Å².